The van der Waals surface area contributed by atoms with Gasteiger partial charge in [-0.2, -0.15) is 5.10 Å². The van der Waals surface area contributed by atoms with Crippen LogP contribution in [0.15, 0.2) is 30.3 Å². The maximum atomic E-state index is 11.7. The molecule has 2 aromatic rings. The van der Waals surface area contributed by atoms with E-state index in [0.717, 1.165) is 5.56 Å². The van der Waals surface area contributed by atoms with E-state index < -0.39 is 5.97 Å². The van der Waals surface area contributed by atoms with Crippen LogP contribution in [-0.4, -0.2) is 22.9 Å². The highest BCUT2D eigenvalue weighted by atomic mass is 35.5. The van der Waals surface area contributed by atoms with Crippen molar-refractivity contribution in [3.05, 3.63) is 41.0 Å². The number of benzene rings is 1. The summed E-state index contributed by atoms with van der Waals surface area (Å²) in [6.45, 7) is 0. The average molecular weight is 251 g/mol. The number of carbonyl (C=O) groups is 1. The molecule has 0 N–H and O–H groups in total. The average Bonchev–Trinajstić information content (AvgIpc) is 2.66. The molecule has 0 aliphatic heterocycles. The number of halogens is 1. The quantitative estimate of drug-likeness (QED) is 0.770. The summed E-state index contributed by atoms with van der Waals surface area (Å²) in [5, 5.41) is 4.51. The Morgan fingerprint density at radius 2 is 2.00 bits per heavy atom. The molecule has 0 saturated heterocycles. The molecular weight excluding hydrogens is 240 g/mol. The zero-order chi connectivity index (χ0) is 12.4. The highest BCUT2D eigenvalue weighted by Crippen LogP contribution is 2.28. The highest BCUT2D eigenvalue weighted by molar-refractivity contribution is 6.33. The molecular formula is C12H11ClN2O2. The van der Waals surface area contributed by atoms with E-state index in [-0.39, 0.29) is 5.15 Å². The van der Waals surface area contributed by atoms with Crippen molar-refractivity contribution in [3.8, 4) is 11.3 Å². The second-order valence-electron chi connectivity index (χ2n) is 3.50. The second kappa shape index (κ2) is 4.59. The predicted octanol–water partition coefficient (Wildman–Crippen LogP) is 2.53. The molecule has 17 heavy (non-hydrogen) atoms. The maximum absolute atomic E-state index is 11.7. The Balaban J connectivity index is 2.62. The molecule has 0 radical (unpaired) electrons. The van der Waals surface area contributed by atoms with Crippen molar-refractivity contribution in [2.24, 2.45) is 7.05 Å². The molecule has 1 heterocycles. The summed E-state index contributed by atoms with van der Waals surface area (Å²) in [5.41, 5.74) is 1.66. The minimum absolute atomic E-state index is 0.274. The van der Waals surface area contributed by atoms with Crippen molar-refractivity contribution in [1.29, 1.82) is 0 Å². The molecule has 0 unspecified atom stereocenters. The first kappa shape index (κ1) is 11.7. The minimum atomic E-state index is -0.484. The molecule has 5 heteroatoms. The maximum Gasteiger partial charge on any atom is 0.343 e. The van der Waals surface area contributed by atoms with Crippen LogP contribution < -0.4 is 0 Å². The summed E-state index contributed by atoms with van der Waals surface area (Å²) < 4.78 is 6.17. The Bertz CT molecular complexity index is 549. The van der Waals surface area contributed by atoms with Crippen LogP contribution in [0, 0.1) is 0 Å². The molecule has 88 valence electrons. The molecule has 0 saturated carbocycles. The normalized spacial score (nSPS) is 10.3. The number of nitrogens with zero attached hydrogens (tertiary/aromatic N) is 2. The molecule has 0 spiro atoms. The topological polar surface area (TPSA) is 44.1 Å². The fourth-order valence-electron chi connectivity index (χ4n) is 1.58. The van der Waals surface area contributed by atoms with Crippen LogP contribution in [0.4, 0.5) is 0 Å². The summed E-state index contributed by atoms with van der Waals surface area (Å²) >= 11 is 6.04. The van der Waals surface area contributed by atoms with Crippen molar-refractivity contribution >= 4 is 17.6 Å². The number of ether oxygens (including phenoxy) is 1. The van der Waals surface area contributed by atoms with Gasteiger partial charge in [0.05, 0.1) is 7.11 Å². The van der Waals surface area contributed by atoms with E-state index in [1.165, 1.54) is 11.8 Å². The molecule has 0 aliphatic carbocycles. The summed E-state index contributed by atoms with van der Waals surface area (Å²) in [4.78, 5) is 11.7. The first-order chi connectivity index (χ1) is 8.15. The summed E-state index contributed by atoms with van der Waals surface area (Å²) in [6.07, 6.45) is 0. The van der Waals surface area contributed by atoms with Crippen molar-refractivity contribution < 1.29 is 9.53 Å². The summed E-state index contributed by atoms with van der Waals surface area (Å²) in [7, 11) is 3.00. The van der Waals surface area contributed by atoms with E-state index in [2.05, 4.69) is 5.10 Å². The van der Waals surface area contributed by atoms with Gasteiger partial charge in [-0.3, -0.25) is 4.68 Å². The first-order valence-electron chi connectivity index (χ1n) is 5.01. The second-order valence-corrected chi connectivity index (χ2v) is 3.85. The van der Waals surface area contributed by atoms with Crippen LogP contribution in [0.2, 0.25) is 5.15 Å². The lowest BCUT2D eigenvalue weighted by atomic mass is 10.1. The third-order valence-corrected chi connectivity index (χ3v) is 2.85. The van der Waals surface area contributed by atoms with Crippen molar-refractivity contribution in [2.75, 3.05) is 7.11 Å². The predicted molar refractivity (Wildman–Crippen MR) is 65.0 cm³/mol. The lowest BCUT2D eigenvalue weighted by Crippen LogP contribution is -2.02. The number of esters is 1. The van der Waals surface area contributed by atoms with Crippen LogP contribution >= 0.6 is 11.6 Å². The summed E-state index contributed by atoms with van der Waals surface area (Å²) in [5.74, 6) is -0.484. The first-order valence-corrected chi connectivity index (χ1v) is 5.39. The van der Waals surface area contributed by atoms with E-state index in [1.54, 1.807) is 7.05 Å². The third-order valence-electron chi connectivity index (χ3n) is 2.41. The standard InChI is InChI=1S/C12H11ClN2O2/c1-15-11(13)9(12(16)17-2)10(14-15)8-6-4-3-5-7-8/h3-7H,1-2H3. The van der Waals surface area contributed by atoms with Crippen LogP contribution in [0.3, 0.4) is 0 Å². The number of hydrogen-bond acceptors (Lipinski definition) is 3. The third kappa shape index (κ3) is 2.03. The zero-order valence-electron chi connectivity index (χ0n) is 9.48. The van der Waals surface area contributed by atoms with Gasteiger partial charge in [0.2, 0.25) is 0 Å². The number of aromatic nitrogens is 2. The number of aryl methyl sites for hydroxylation is 1. The Kier molecular flexibility index (Phi) is 3.15. The Hall–Kier alpha value is -1.81. The Morgan fingerprint density at radius 1 is 1.35 bits per heavy atom. The SMILES string of the molecule is COC(=O)c1c(-c2ccccc2)nn(C)c1Cl. The minimum Gasteiger partial charge on any atom is -0.465 e. The number of methoxy groups -OCH3 is 1. The van der Waals surface area contributed by atoms with Gasteiger partial charge in [0.25, 0.3) is 0 Å². The smallest absolute Gasteiger partial charge is 0.343 e. The number of carbonyl (C=O) groups excluding carboxylic acids is 1. The lowest BCUT2D eigenvalue weighted by Gasteiger charge is -2.00. The van der Waals surface area contributed by atoms with Crippen LogP contribution in [0.1, 0.15) is 10.4 Å². The monoisotopic (exact) mass is 250 g/mol. The fourth-order valence-corrected chi connectivity index (χ4v) is 1.79. The van der Waals surface area contributed by atoms with Crippen molar-refractivity contribution in [2.45, 2.75) is 0 Å². The van der Waals surface area contributed by atoms with Gasteiger partial charge in [-0.1, -0.05) is 41.9 Å². The van der Waals surface area contributed by atoms with Gasteiger partial charge >= 0.3 is 5.97 Å². The summed E-state index contributed by atoms with van der Waals surface area (Å²) in [6, 6.07) is 9.38. The van der Waals surface area contributed by atoms with Gasteiger partial charge in [-0.05, 0) is 0 Å². The Morgan fingerprint density at radius 3 is 2.59 bits per heavy atom. The molecule has 1 aromatic carbocycles. The van der Waals surface area contributed by atoms with Gasteiger partial charge in [0.1, 0.15) is 16.4 Å². The molecule has 0 bridgehead atoms. The lowest BCUT2D eigenvalue weighted by molar-refractivity contribution is 0.0601. The molecule has 0 fully saturated rings. The van der Waals surface area contributed by atoms with E-state index in [9.17, 15) is 4.79 Å². The highest BCUT2D eigenvalue weighted by Gasteiger charge is 2.22. The fraction of sp³-hybridized carbons (Fsp3) is 0.167. The van der Waals surface area contributed by atoms with E-state index in [4.69, 9.17) is 16.3 Å². The van der Waals surface area contributed by atoms with Crippen LogP contribution in [-0.2, 0) is 11.8 Å². The van der Waals surface area contributed by atoms with Gasteiger partial charge in [-0.15, -0.1) is 0 Å². The molecule has 0 amide bonds. The molecule has 1 aromatic heterocycles. The number of rotatable bonds is 2. The van der Waals surface area contributed by atoms with Gasteiger partial charge in [-0.25, -0.2) is 4.79 Å². The largest absolute Gasteiger partial charge is 0.465 e. The Labute approximate surface area is 104 Å². The van der Waals surface area contributed by atoms with E-state index in [1.807, 2.05) is 30.3 Å². The molecule has 2 rings (SSSR count). The van der Waals surface area contributed by atoms with E-state index >= 15 is 0 Å². The van der Waals surface area contributed by atoms with Gasteiger partial charge < -0.3 is 4.74 Å². The van der Waals surface area contributed by atoms with Crippen LogP contribution in [0.5, 0.6) is 0 Å². The van der Waals surface area contributed by atoms with Crippen molar-refractivity contribution in [3.63, 3.8) is 0 Å². The molecule has 4 nitrogen and oxygen atoms in total. The zero-order valence-corrected chi connectivity index (χ0v) is 10.2. The van der Waals surface area contributed by atoms with E-state index in [0.29, 0.717) is 11.3 Å². The van der Waals surface area contributed by atoms with Crippen molar-refractivity contribution in [1.82, 2.24) is 9.78 Å². The van der Waals surface area contributed by atoms with Crippen LogP contribution in [0.25, 0.3) is 11.3 Å². The molecule has 0 atom stereocenters. The number of hydrogen-bond donors (Lipinski definition) is 0. The molecule has 0 aliphatic rings. The van der Waals surface area contributed by atoms with Gasteiger partial charge in [0, 0.05) is 12.6 Å². The van der Waals surface area contributed by atoms with Gasteiger partial charge in [0.15, 0.2) is 0 Å².